The van der Waals surface area contributed by atoms with Gasteiger partial charge in [0, 0.05) is 29.9 Å². The third-order valence-corrected chi connectivity index (χ3v) is 7.49. The Morgan fingerprint density at radius 1 is 0.492 bits per heavy atom. The summed E-state index contributed by atoms with van der Waals surface area (Å²) in [6.07, 6.45) is 5.32. The van der Waals surface area contributed by atoms with E-state index in [1.807, 2.05) is 0 Å². The minimum atomic E-state index is -2.84. The summed E-state index contributed by atoms with van der Waals surface area (Å²) in [5.41, 5.74) is -9.44. The number of hydrogen-bond donors (Lipinski definition) is 11. The summed E-state index contributed by atoms with van der Waals surface area (Å²) in [5.74, 6) is -10.3. The van der Waals surface area contributed by atoms with Crippen LogP contribution in [0.2, 0.25) is 0 Å². The molecule has 0 aromatic heterocycles. The number of carboxylic acids is 5. The topological polar surface area (TPSA) is 388 Å². The molecule has 23 nitrogen and oxygen atoms in total. The monoisotopic (exact) mass is 848 g/mol. The van der Waals surface area contributed by atoms with Gasteiger partial charge in [0.25, 0.3) is 0 Å². The van der Waals surface area contributed by atoms with Crippen molar-refractivity contribution >= 4 is 41.8 Å². The predicted octanol–water partition coefficient (Wildman–Crippen LogP) is -2.24. The SMILES string of the molecule is C=C(C)C(=O)OCCOCCOC(=O)C=COC(C=CC(=O)O)(C=CC(=O)O)C(CO)(CO)C(C=CC(=O)O)(C=CC(=O)O)OC=CC(=O)O.OCC(CO)(CO)CO. The van der Waals surface area contributed by atoms with E-state index in [1.54, 1.807) is 0 Å². The van der Waals surface area contributed by atoms with Crippen molar-refractivity contribution in [2.24, 2.45) is 10.8 Å². The van der Waals surface area contributed by atoms with E-state index in [-0.39, 0.29) is 32.0 Å². The largest absolute Gasteiger partial charge is 0.485 e. The smallest absolute Gasteiger partial charge is 0.333 e. The molecule has 0 bridgehead atoms. The Kier molecular flexibility index (Phi) is 26.3. The average molecular weight is 849 g/mol. The van der Waals surface area contributed by atoms with Crippen LogP contribution in [0.5, 0.6) is 0 Å². The summed E-state index contributed by atoms with van der Waals surface area (Å²) in [6.45, 7) is -0.456. The molecule has 11 N–H and O–H groups in total. The first-order valence-electron chi connectivity index (χ1n) is 16.5. The summed E-state index contributed by atoms with van der Waals surface area (Å²) in [7, 11) is 0. The molecule has 0 saturated carbocycles. The van der Waals surface area contributed by atoms with Crippen molar-refractivity contribution in [2.45, 2.75) is 18.1 Å². The lowest BCUT2D eigenvalue weighted by atomic mass is 9.60. The highest BCUT2D eigenvalue weighted by Gasteiger charge is 2.63. The Morgan fingerprint density at radius 3 is 1.12 bits per heavy atom. The summed E-state index contributed by atoms with van der Waals surface area (Å²) in [6, 6.07) is 0. The molecular weight excluding hydrogens is 800 g/mol. The lowest BCUT2D eigenvalue weighted by Crippen LogP contribution is -2.64. The van der Waals surface area contributed by atoms with Crippen molar-refractivity contribution in [3.63, 3.8) is 0 Å². The Hall–Kier alpha value is -6.21. The quantitative estimate of drug-likeness (QED) is 0.0164. The molecule has 0 amide bonds. The average Bonchev–Trinajstić information content (AvgIpc) is 3.18. The number of aliphatic hydroxyl groups excluding tert-OH is 6. The number of esters is 2. The van der Waals surface area contributed by atoms with Gasteiger partial charge in [0.05, 0.1) is 82.9 Å². The van der Waals surface area contributed by atoms with Crippen molar-refractivity contribution in [3.8, 4) is 0 Å². The number of rotatable bonds is 29. The lowest BCUT2D eigenvalue weighted by molar-refractivity contribution is -0.165. The van der Waals surface area contributed by atoms with Gasteiger partial charge in [-0.1, -0.05) is 6.58 Å². The zero-order valence-electron chi connectivity index (χ0n) is 31.5. The third-order valence-electron chi connectivity index (χ3n) is 7.49. The molecule has 0 radical (unpaired) electrons. The zero-order chi connectivity index (χ0) is 45.7. The first-order chi connectivity index (χ1) is 27.7. The molecule has 0 heterocycles. The van der Waals surface area contributed by atoms with E-state index in [2.05, 4.69) is 6.58 Å². The molecule has 0 aliphatic heterocycles. The first kappa shape index (κ1) is 54.9. The number of aliphatic carboxylic acids is 5. The van der Waals surface area contributed by atoms with E-state index in [0.717, 1.165) is 0 Å². The highest BCUT2D eigenvalue weighted by molar-refractivity contribution is 5.87. The molecule has 330 valence electrons. The third kappa shape index (κ3) is 19.2. The fraction of sp³-hybridized carbons (Fsp3) is 0.417. The van der Waals surface area contributed by atoms with Gasteiger partial charge in [0.15, 0.2) is 11.2 Å². The van der Waals surface area contributed by atoms with Gasteiger partial charge in [-0.3, -0.25) is 0 Å². The van der Waals surface area contributed by atoms with Gasteiger partial charge in [0.1, 0.15) is 18.6 Å². The maximum Gasteiger partial charge on any atom is 0.333 e. The second-order valence-corrected chi connectivity index (χ2v) is 11.7. The van der Waals surface area contributed by atoms with E-state index in [9.17, 15) is 64.2 Å². The fourth-order valence-electron chi connectivity index (χ4n) is 4.14. The second kappa shape index (κ2) is 28.2. The highest BCUT2D eigenvalue weighted by Crippen LogP contribution is 2.50. The van der Waals surface area contributed by atoms with Crippen LogP contribution < -0.4 is 0 Å². The summed E-state index contributed by atoms with van der Waals surface area (Å²) in [4.78, 5) is 81.4. The molecule has 0 aromatic carbocycles. The van der Waals surface area contributed by atoms with Gasteiger partial charge in [-0.15, -0.1) is 0 Å². The standard InChI is InChI=1S/C31H36O19.C5H12O4/c1-21(2)28(45)48-18-16-46-15-17-47-27(44)8-14-50-31(11-5-24(38)39,12-6-25(40)41)29(19-32,20-33)30(9-3-22(34)35,10-4-23(36)37)49-13-7-26(42)43;6-1-5(2-7,3-8)4-9/h3-14,32-33H,1,15-20H2,2H3,(H,34,35)(H,36,37)(H,38,39)(H,40,41)(H,42,43);6-9H,1-4H2. The molecule has 23 heteroatoms. The highest BCUT2D eigenvalue weighted by atomic mass is 16.6. The molecule has 59 heavy (non-hydrogen) atoms. The maximum atomic E-state index is 12.4. The lowest BCUT2D eigenvalue weighted by Gasteiger charge is -2.52. The number of carbonyl (C=O) groups is 7. The second-order valence-electron chi connectivity index (χ2n) is 11.7. The van der Waals surface area contributed by atoms with Crippen molar-refractivity contribution in [2.75, 3.05) is 66.1 Å². The van der Waals surface area contributed by atoms with Crippen LogP contribution in [0.1, 0.15) is 6.92 Å². The Bertz CT molecular complexity index is 1530. The van der Waals surface area contributed by atoms with Gasteiger partial charge in [-0.2, -0.15) is 0 Å². The molecule has 0 aliphatic rings. The van der Waals surface area contributed by atoms with Crippen LogP contribution in [0.25, 0.3) is 0 Å². The number of ether oxygens (including phenoxy) is 5. The van der Waals surface area contributed by atoms with Gasteiger partial charge in [0.2, 0.25) is 0 Å². The Balaban J connectivity index is 0. The van der Waals surface area contributed by atoms with Crippen LogP contribution in [0.3, 0.4) is 0 Å². The van der Waals surface area contributed by atoms with Crippen LogP contribution >= 0.6 is 0 Å². The molecule has 0 rings (SSSR count). The molecule has 0 spiro atoms. The van der Waals surface area contributed by atoms with Crippen LogP contribution in [0, 0.1) is 10.8 Å². The minimum absolute atomic E-state index is 0.0631. The minimum Gasteiger partial charge on any atom is -0.485 e. The number of carboxylic acid groups (broad SMARTS) is 5. The fourth-order valence-corrected chi connectivity index (χ4v) is 4.14. The molecule has 0 unspecified atom stereocenters. The number of hydrogen-bond acceptors (Lipinski definition) is 18. The van der Waals surface area contributed by atoms with Crippen LogP contribution in [-0.4, -0.2) is 175 Å². The van der Waals surface area contributed by atoms with Crippen molar-refractivity contribution < 1.29 is 113 Å². The number of aliphatic hydroxyl groups is 6. The number of carbonyl (C=O) groups excluding carboxylic acids is 2. The summed E-state index contributed by atoms with van der Waals surface area (Å²) in [5, 5.41) is 102. The molecule has 0 atom stereocenters. The predicted molar refractivity (Wildman–Crippen MR) is 196 cm³/mol. The summed E-state index contributed by atoms with van der Waals surface area (Å²) < 4.78 is 26.0. The van der Waals surface area contributed by atoms with Gasteiger partial charge in [-0.25, -0.2) is 33.6 Å². The van der Waals surface area contributed by atoms with E-state index in [4.69, 9.17) is 49.2 Å². The van der Waals surface area contributed by atoms with Crippen molar-refractivity contribution in [1.82, 2.24) is 0 Å². The molecular formula is C36H48O23. The maximum absolute atomic E-state index is 12.4. The van der Waals surface area contributed by atoms with E-state index >= 15 is 0 Å². The van der Waals surface area contributed by atoms with Crippen LogP contribution in [-0.2, 0) is 57.2 Å². The van der Waals surface area contributed by atoms with E-state index in [1.165, 1.54) is 6.92 Å². The zero-order valence-corrected chi connectivity index (χ0v) is 31.5. The van der Waals surface area contributed by atoms with Crippen LogP contribution in [0.15, 0.2) is 85.4 Å². The van der Waals surface area contributed by atoms with Crippen LogP contribution in [0.4, 0.5) is 0 Å². The van der Waals surface area contributed by atoms with Gasteiger partial charge < -0.3 is 79.9 Å². The van der Waals surface area contributed by atoms with Gasteiger partial charge in [-0.05, 0) is 31.2 Å². The van der Waals surface area contributed by atoms with Gasteiger partial charge >= 0.3 is 41.8 Å². The van der Waals surface area contributed by atoms with E-state index < -0.39 is 103 Å². The van der Waals surface area contributed by atoms with E-state index in [0.29, 0.717) is 73.3 Å². The first-order valence-corrected chi connectivity index (χ1v) is 16.5. The van der Waals surface area contributed by atoms with Crippen molar-refractivity contribution in [3.05, 3.63) is 85.4 Å². The molecule has 0 saturated heterocycles. The van der Waals surface area contributed by atoms with Crippen molar-refractivity contribution in [1.29, 1.82) is 0 Å². The molecule has 0 aliphatic carbocycles. The molecule has 0 fully saturated rings. The Morgan fingerprint density at radius 2 is 0.831 bits per heavy atom. The summed E-state index contributed by atoms with van der Waals surface area (Å²) >= 11 is 0. The molecule has 0 aromatic rings. The Labute approximate surface area is 335 Å². The normalized spacial score (nSPS) is 14.2.